The van der Waals surface area contributed by atoms with Crippen LogP contribution >= 0.6 is 0 Å². The average molecular weight is 498 g/mol. The molecule has 0 aliphatic heterocycles. The van der Waals surface area contributed by atoms with Crippen LogP contribution in [0.1, 0.15) is 11.3 Å². The lowest BCUT2D eigenvalue weighted by molar-refractivity contribution is -0.111. The van der Waals surface area contributed by atoms with Gasteiger partial charge in [0.15, 0.2) is 0 Å². The summed E-state index contributed by atoms with van der Waals surface area (Å²) < 4.78 is 7.94. The van der Waals surface area contributed by atoms with Gasteiger partial charge < -0.3 is 24.4 Å². The predicted octanol–water partition coefficient (Wildman–Crippen LogP) is 4.96. The van der Waals surface area contributed by atoms with E-state index in [1.54, 1.807) is 7.11 Å². The molecule has 4 rings (SSSR count). The van der Waals surface area contributed by atoms with E-state index >= 15 is 0 Å². The van der Waals surface area contributed by atoms with E-state index in [1.165, 1.54) is 22.5 Å². The molecule has 37 heavy (non-hydrogen) atoms. The number of nitrogens with one attached hydrogen (secondary N) is 1. The quantitative estimate of drug-likeness (QED) is 0.314. The number of aromatic nitrogens is 2. The van der Waals surface area contributed by atoms with Crippen LogP contribution in [0.5, 0.6) is 5.75 Å². The lowest BCUT2D eigenvalue weighted by Gasteiger charge is -2.26. The highest BCUT2D eigenvalue weighted by Crippen LogP contribution is 2.35. The molecule has 0 saturated heterocycles. The molecule has 0 aliphatic carbocycles. The largest absolute Gasteiger partial charge is 0.496 e. The van der Waals surface area contributed by atoms with Gasteiger partial charge in [-0.15, -0.1) is 0 Å². The predicted molar refractivity (Wildman–Crippen MR) is 153 cm³/mol. The Labute approximate surface area is 219 Å². The van der Waals surface area contributed by atoms with Crippen molar-refractivity contribution in [1.29, 1.82) is 0 Å². The number of anilines is 2. The van der Waals surface area contributed by atoms with Gasteiger partial charge in [-0.25, -0.2) is 0 Å². The number of benzene rings is 2. The third-order valence-corrected chi connectivity index (χ3v) is 6.53. The van der Waals surface area contributed by atoms with Crippen LogP contribution in [0.15, 0.2) is 73.6 Å². The highest BCUT2D eigenvalue weighted by Gasteiger charge is 2.17. The van der Waals surface area contributed by atoms with Crippen LogP contribution in [0, 0.1) is 0 Å². The zero-order valence-electron chi connectivity index (χ0n) is 22.3. The Hall–Kier alpha value is -4.10. The van der Waals surface area contributed by atoms with Crippen molar-refractivity contribution in [2.45, 2.75) is 6.42 Å². The molecule has 0 saturated carbocycles. The van der Waals surface area contributed by atoms with Gasteiger partial charge in [0, 0.05) is 79.8 Å². The van der Waals surface area contributed by atoms with Crippen LogP contribution in [0.3, 0.4) is 0 Å². The number of ether oxygens (including phenoxy) is 1. The van der Waals surface area contributed by atoms with Crippen molar-refractivity contribution < 1.29 is 9.53 Å². The van der Waals surface area contributed by atoms with Crippen molar-refractivity contribution in [2.75, 3.05) is 51.6 Å². The lowest BCUT2D eigenvalue weighted by Crippen LogP contribution is -2.29. The fourth-order valence-electron chi connectivity index (χ4n) is 4.52. The van der Waals surface area contributed by atoms with Gasteiger partial charge in [-0.2, -0.15) is 0 Å². The van der Waals surface area contributed by atoms with Gasteiger partial charge in [0.05, 0.1) is 18.5 Å². The number of nitrogens with zero attached hydrogens (tertiary/aromatic N) is 4. The third-order valence-electron chi connectivity index (χ3n) is 6.53. The first-order valence-corrected chi connectivity index (χ1v) is 12.3. The molecule has 4 aromatic rings. The Morgan fingerprint density at radius 3 is 2.65 bits per heavy atom. The highest BCUT2D eigenvalue weighted by molar-refractivity contribution is 6.01. The molecule has 0 spiro atoms. The minimum atomic E-state index is -0.255. The number of amides is 1. The summed E-state index contributed by atoms with van der Waals surface area (Å²) in [6, 6.07) is 16.5. The van der Waals surface area contributed by atoms with Gasteiger partial charge in [0.1, 0.15) is 5.75 Å². The van der Waals surface area contributed by atoms with Crippen molar-refractivity contribution in [1.82, 2.24) is 14.5 Å². The van der Waals surface area contributed by atoms with E-state index < -0.39 is 0 Å². The van der Waals surface area contributed by atoms with Crippen LogP contribution in [-0.2, 0) is 18.3 Å². The number of carbonyl (C=O) groups is 1. The van der Waals surface area contributed by atoms with Gasteiger partial charge >= 0.3 is 0 Å². The zero-order chi connectivity index (χ0) is 26.5. The first-order valence-electron chi connectivity index (χ1n) is 12.3. The molecule has 2 aromatic heterocycles. The molecule has 2 heterocycles. The summed E-state index contributed by atoms with van der Waals surface area (Å²) in [7, 11) is 9.82. The standard InChI is InChI=1S/C30H35N5O2/c1-7-30(36)32-26-18-22(29(37-6)19-28(26)34(4)15-14-33(2)3)17-23-16-21(12-13-31-23)25-20-35(5)27-11-9-8-10-24(25)27/h7-13,16,18-20H,1,14-15,17H2,2-6H3,(H,32,36). The Morgan fingerprint density at radius 1 is 1.14 bits per heavy atom. The van der Waals surface area contributed by atoms with E-state index in [4.69, 9.17) is 4.74 Å². The second kappa shape index (κ2) is 11.3. The second-order valence-corrected chi connectivity index (χ2v) is 9.48. The molecule has 0 bridgehead atoms. The van der Waals surface area contributed by atoms with Crippen LogP contribution in [-0.4, -0.2) is 61.7 Å². The summed E-state index contributed by atoms with van der Waals surface area (Å²) in [4.78, 5) is 21.1. The normalized spacial score (nSPS) is 11.1. The minimum Gasteiger partial charge on any atom is -0.496 e. The maximum atomic E-state index is 12.3. The summed E-state index contributed by atoms with van der Waals surface area (Å²) in [5.41, 5.74) is 6.93. The van der Waals surface area contributed by atoms with Gasteiger partial charge in [-0.3, -0.25) is 9.78 Å². The number of hydrogen-bond acceptors (Lipinski definition) is 5. The van der Waals surface area contributed by atoms with Crippen LogP contribution in [0.4, 0.5) is 11.4 Å². The number of pyridine rings is 1. The molecule has 1 N–H and O–H groups in total. The molecule has 7 heteroatoms. The van der Waals surface area contributed by atoms with Crippen LogP contribution in [0.25, 0.3) is 22.0 Å². The fraction of sp³-hybridized carbons (Fsp3) is 0.267. The first kappa shape index (κ1) is 26.0. The maximum Gasteiger partial charge on any atom is 0.247 e. The van der Waals surface area contributed by atoms with Crippen molar-refractivity contribution in [2.24, 2.45) is 7.05 Å². The fourth-order valence-corrected chi connectivity index (χ4v) is 4.52. The first-order chi connectivity index (χ1) is 17.8. The summed E-state index contributed by atoms with van der Waals surface area (Å²) in [5.74, 6) is 0.495. The zero-order valence-corrected chi connectivity index (χ0v) is 22.3. The Bertz CT molecular complexity index is 1420. The van der Waals surface area contributed by atoms with Crippen LogP contribution < -0.4 is 15.0 Å². The molecule has 7 nitrogen and oxygen atoms in total. The smallest absolute Gasteiger partial charge is 0.247 e. The lowest BCUT2D eigenvalue weighted by atomic mass is 10.0. The monoisotopic (exact) mass is 497 g/mol. The molecule has 1 amide bonds. The second-order valence-electron chi connectivity index (χ2n) is 9.48. The number of rotatable bonds is 10. The number of methoxy groups -OCH3 is 1. The molecular weight excluding hydrogens is 462 g/mol. The van der Waals surface area contributed by atoms with E-state index in [0.29, 0.717) is 12.1 Å². The number of fused-ring (bicyclic) bond motifs is 1. The Balaban J connectivity index is 1.71. The average Bonchev–Trinajstić information content (AvgIpc) is 3.24. The van der Waals surface area contributed by atoms with E-state index in [2.05, 4.69) is 74.8 Å². The number of para-hydroxylation sites is 1. The van der Waals surface area contributed by atoms with E-state index in [0.717, 1.165) is 41.3 Å². The molecule has 0 radical (unpaired) electrons. The highest BCUT2D eigenvalue weighted by atomic mass is 16.5. The number of aryl methyl sites for hydroxylation is 1. The SMILES string of the molecule is C=CC(=O)Nc1cc(Cc2cc(-c3cn(C)c4ccccc34)ccn2)c(OC)cc1N(C)CCN(C)C. The summed E-state index contributed by atoms with van der Waals surface area (Å²) in [6.07, 6.45) is 5.84. The minimum absolute atomic E-state index is 0.255. The van der Waals surface area contributed by atoms with Crippen molar-refractivity contribution >= 4 is 28.2 Å². The summed E-state index contributed by atoms with van der Waals surface area (Å²) in [5, 5.41) is 4.18. The molecule has 0 atom stereocenters. The Kier molecular flexibility index (Phi) is 7.94. The molecule has 192 valence electrons. The topological polar surface area (TPSA) is 62.6 Å². The van der Waals surface area contributed by atoms with Gasteiger partial charge in [-0.05, 0) is 50.0 Å². The molecule has 0 fully saturated rings. The molecular formula is C30H35N5O2. The third kappa shape index (κ3) is 5.84. The van der Waals surface area contributed by atoms with E-state index in [9.17, 15) is 4.79 Å². The van der Waals surface area contributed by atoms with Gasteiger partial charge in [0.2, 0.25) is 5.91 Å². The molecule has 0 aliphatic rings. The number of hydrogen-bond donors (Lipinski definition) is 1. The van der Waals surface area contributed by atoms with Crippen molar-refractivity contribution in [3.05, 3.63) is 84.8 Å². The number of likely N-dealkylation sites (N-methyl/N-ethyl adjacent to an activating group) is 2. The molecule has 0 unspecified atom stereocenters. The molecule has 2 aromatic carbocycles. The summed E-state index contributed by atoms with van der Waals surface area (Å²) in [6.45, 7) is 5.28. The maximum absolute atomic E-state index is 12.3. The van der Waals surface area contributed by atoms with Crippen molar-refractivity contribution in [3.63, 3.8) is 0 Å². The van der Waals surface area contributed by atoms with Crippen LogP contribution in [0.2, 0.25) is 0 Å². The van der Waals surface area contributed by atoms with Crippen molar-refractivity contribution in [3.8, 4) is 16.9 Å². The van der Waals surface area contributed by atoms with Gasteiger partial charge in [0.25, 0.3) is 0 Å². The van der Waals surface area contributed by atoms with E-state index in [1.807, 2.05) is 45.5 Å². The van der Waals surface area contributed by atoms with Gasteiger partial charge in [-0.1, -0.05) is 24.8 Å². The number of carbonyl (C=O) groups excluding carboxylic acids is 1. The van der Waals surface area contributed by atoms with E-state index in [-0.39, 0.29) is 5.91 Å². The summed E-state index contributed by atoms with van der Waals surface area (Å²) >= 11 is 0. The Morgan fingerprint density at radius 2 is 1.92 bits per heavy atom.